The maximum Gasteiger partial charge on any atom is 0.341 e. The monoisotopic (exact) mass is 759 g/mol. The number of ether oxygens (including phenoxy) is 3. The third-order valence-corrected chi connectivity index (χ3v) is 17.9. The van der Waals surface area contributed by atoms with E-state index in [0.29, 0.717) is 12.8 Å². The zero-order valence-electron chi connectivity index (χ0n) is 30.4. The molecule has 6 saturated carbocycles. The number of carbonyl (C=O) groups excluding carboxylic acids is 3. The largest absolute Gasteiger partial charge is 0.459 e. The topological polar surface area (TPSA) is 230 Å². The molecule has 290 valence electrons. The molecule has 2 heterocycles. The number of sulfonamides is 1. The van der Waals surface area contributed by atoms with E-state index in [9.17, 15) is 48.3 Å². The van der Waals surface area contributed by atoms with Gasteiger partial charge < -0.3 is 39.7 Å². The van der Waals surface area contributed by atoms with Crippen LogP contribution < -0.4 is 4.72 Å². The van der Waals surface area contributed by atoms with Crippen molar-refractivity contribution in [3.8, 4) is 0 Å². The quantitative estimate of drug-likeness (QED) is 0.174. The fourth-order valence-corrected chi connectivity index (χ4v) is 15.5. The number of benzene rings is 1. The maximum atomic E-state index is 14.6. The Balaban J connectivity index is 1.28. The molecular formula is C38H49NO13S. The summed E-state index contributed by atoms with van der Waals surface area (Å²) in [7, 11) is -4.27. The van der Waals surface area contributed by atoms with Crippen molar-refractivity contribution in [1.82, 2.24) is 4.72 Å². The molecule has 0 bridgehead atoms. The molecule has 15 heteroatoms. The second-order valence-corrected chi connectivity index (χ2v) is 19.9. The van der Waals surface area contributed by atoms with Crippen LogP contribution in [-0.2, 0) is 38.6 Å². The number of hydrogen-bond acceptors (Lipinski definition) is 13. The molecule has 2 saturated heterocycles. The van der Waals surface area contributed by atoms with Crippen molar-refractivity contribution in [2.75, 3.05) is 0 Å². The second-order valence-electron chi connectivity index (χ2n) is 18.2. The zero-order chi connectivity index (χ0) is 38.3. The second kappa shape index (κ2) is 10.7. The van der Waals surface area contributed by atoms with Crippen LogP contribution in [0.25, 0.3) is 0 Å². The van der Waals surface area contributed by atoms with Gasteiger partial charge in [-0.2, -0.15) is 0 Å². The minimum Gasteiger partial charge on any atom is -0.459 e. The number of Topliss-reactive ketones (excluding diaryl/α,β-unsaturated/α-hetero) is 1. The first-order valence-corrected chi connectivity index (χ1v) is 20.3. The fourth-order valence-electron chi connectivity index (χ4n) is 14.1. The van der Waals surface area contributed by atoms with Gasteiger partial charge >= 0.3 is 11.9 Å². The summed E-state index contributed by atoms with van der Waals surface area (Å²) < 4.78 is 48.8. The van der Waals surface area contributed by atoms with Crippen molar-refractivity contribution >= 4 is 27.7 Å². The third kappa shape index (κ3) is 3.93. The number of carbonyl (C=O) groups is 3. The molecule has 1 spiro atoms. The van der Waals surface area contributed by atoms with E-state index < -0.39 is 139 Å². The minimum atomic E-state index is -4.27. The molecule has 2 unspecified atom stereocenters. The molecule has 8 fully saturated rings. The van der Waals surface area contributed by atoms with Crippen LogP contribution in [0.4, 0.5) is 0 Å². The van der Waals surface area contributed by atoms with E-state index in [-0.39, 0.29) is 16.7 Å². The Hall–Kier alpha value is -2.50. The third-order valence-electron chi connectivity index (χ3n) is 16.5. The van der Waals surface area contributed by atoms with Gasteiger partial charge in [0.15, 0.2) is 5.60 Å². The number of ketones is 1. The van der Waals surface area contributed by atoms with Gasteiger partial charge in [0, 0.05) is 30.1 Å². The summed E-state index contributed by atoms with van der Waals surface area (Å²) in [6.07, 6.45) is -7.27. The number of nitrogens with one attached hydrogen (secondary N) is 1. The van der Waals surface area contributed by atoms with Crippen LogP contribution >= 0.6 is 0 Å². The zero-order valence-corrected chi connectivity index (χ0v) is 31.3. The highest BCUT2D eigenvalue weighted by atomic mass is 32.2. The maximum absolute atomic E-state index is 14.6. The van der Waals surface area contributed by atoms with Crippen LogP contribution in [0.5, 0.6) is 0 Å². The highest BCUT2D eigenvalue weighted by Gasteiger charge is 2.93. The summed E-state index contributed by atoms with van der Waals surface area (Å²) in [6, 6.07) is 6.44. The smallest absolute Gasteiger partial charge is 0.341 e. The fraction of sp³-hybridized carbons (Fsp3) is 0.763. The number of esters is 2. The van der Waals surface area contributed by atoms with Crippen molar-refractivity contribution < 1.29 is 62.5 Å². The lowest BCUT2D eigenvalue weighted by molar-refractivity contribution is -0.281. The molecule has 6 aliphatic carbocycles. The van der Waals surface area contributed by atoms with Crippen molar-refractivity contribution in [2.24, 2.45) is 69.5 Å². The molecule has 14 nitrogen and oxygen atoms in total. The molecule has 2 aliphatic heterocycles. The number of aliphatic hydroxyl groups is 5. The van der Waals surface area contributed by atoms with Gasteiger partial charge in [-0.25, -0.2) is 17.9 Å². The minimum absolute atomic E-state index is 0.0436. The lowest BCUT2D eigenvalue weighted by atomic mass is 9.39. The van der Waals surface area contributed by atoms with Gasteiger partial charge in [0.1, 0.15) is 24.1 Å². The van der Waals surface area contributed by atoms with Crippen LogP contribution in [0.15, 0.2) is 35.2 Å². The van der Waals surface area contributed by atoms with E-state index in [1.54, 1.807) is 39.0 Å². The lowest BCUT2D eigenvalue weighted by Gasteiger charge is -2.67. The van der Waals surface area contributed by atoms with Gasteiger partial charge in [-0.15, -0.1) is 0 Å². The lowest BCUT2D eigenvalue weighted by Crippen LogP contribution is -2.77. The van der Waals surface area contributed by atoms with E-state index >= 15 is 0 Å². The van der Waals surface area contributed by atoms with Crippen molar-refractivity contribution in [3.05, 3.63) is 30.3 Å². The summed E-state index contributed by atoms with van der Waals surface area (Å²) in [5.74, 6) is -11.2. The van der Waals surface area contributed by atoms with Gasteiger partial charge in [0.25, 0.3) is 0 Å². The average Bonchev–Trinajstić information content (AvgIpc) is 4.00. The highest BCUT2D eigenvalue weighted by molar-refractivity contribution is 7.89. The van der Waals surface area contributed by atoms with Crippen molar-refractivity contribution in [2.45, 2.75) is 113 Å². The summed E-state index contributed by atoms with van der Waals surface area (Å²) in [6.45, 7) is 8.84. The van der Waals surface area contributed by atoms with Crippen LogP contribution in [0.1, 0.15) is 54.4 Å². The Bertz CT molecular complexity index is 1910. The van der Waals surface area contributed by atoms with Gasteiger partial charge in [0.05, 0.1) is 40.1 Å². The van der Waals surface area contributed by atoms with Crippen LogP contribution in [0, 0.1) is 69.5 Å². The van der Waals surface area contributed by atoms with E-state index in [1.807, 2.05) is 0 Å². The van der Waals surface area contributed by atoms with Gasteiger partial charge in [-0.05, 0) is 81.3 Å². The molecule has 0 radical (unpaired) electrons. The Morgan fingerprint density at radius 3 is 2.21 bits per heavy atom. The summed E-state index contributed by atoms with van der Waals surface area (Å²) in [4.78, 5) is 41.0. The predicted octanol–water partition coefficient (Wildman–Crippen LogP) is 0.127. The molecule has 8 aliphatic rings. The Kier molecular flexibility index (Phi) is 7.27. The first-order valence-electron chi connectivity index (χ1n) is 18.8. The Morgan fingerprint density at radius 1 is 0.925 bits per heavy atom. The van der Waals surface area contributed by atoms with Crippen molar-refractivity contribution in [3.63, 3.8) is 0 Å². The number of rotatable bonds is 5. The molecular weight excluding hydrogens is 710 g/mol. The first kappa shape index (κ1) is 36.2. The molecule has 1 aromatic rings. The van der Waals surface area contributed by atoms with Crippen LogP contribution in [-0.4, -0.2) is 106 Å². The van der Waals surface area contributed by atoms with Gasteiger partial charge in [-0.1, -0.05) is 32.0 Å². The number of epoxide rings is 1. The normalized spacial score (nSPS) is 56.9. The summed E-state index contributed by atoms with van der Waals surface area (Å²) >= 11 is 0. The van der Waals surface area contributed by atoms with E-state index in [4.69, 9.17) is 14.2 Å². The van der Waals surface area contributed by atoms with Crippen LogP contribution in [0.2, 0.25) is 0 Å². The standard InChI is InChI=1S/C38H49NO13S/c1-14-22-25(35(5)36(6,47)33(46)52-38(35)32(14)51-38)28(43)23-21-24(29(50-16(3)41)31(45)37(22,23)15(2)40)34(4)20(13-17-12-19(17)30(34)44)26(27(21)42)39-53(48,49)18-10-8-7-9-11-18/h7-11,14,17,19-32,39,42-45,47H,12-13H2,1-6H3/t14-,17?,19-,20?,21-,22-,23+,24+,25-,26+,27+,28+,29-,30-,31-,32+,34-,35-,36+,37+,38-/m0/s1. The number of fused-ring (bicyclic) bond motifs is 9. The first-order chi connectivity index (χ1) is 24.7. The SMILES string of the molecule is CC(=O)O[C@H]1[C@H]2[C@@H]([C@@H](O)[C@H](NS(=O)(=O)c3ccccc3)C3CC4C[C@@H]4[C@H](O)[C@@]32C)[C@@H]2[C@@H](O)[C@@H]3[C@H]([C@H](C)[C@H]4O[C@]45OC(=O)[C@@](C)(O)[C@]35C)[C@@]2(C(C)=O)[C@H]1O. The molecule has 21 atom stereocenters. The Labute approximate surface area is 307 Å². The van der Waals surface area contributed by atoms with Gasteiger partial charge in [-0.3, -0.25) is 9.59 Å². The average molecular weight is 760 g/mol. The molecule has 53 heavy (non-hydrogen) atoms. The molecule has 0 amide bonds. The predicted molar refractivity (Wildman–Crippen MR) is 180 cm³/mol. The summed E-state index contributed by atoms with van der Waals surface area (Å²) in [5, 5.41) is 62.9. The van der Waals surface area contributed by atoms with Gasteiger partial charge in [0.2, 0.25) is 15.8 Å². The molecule has 0 aromatic heterocycles. The molecule has 6 N–H and O–H groups in total. The van der Waals surface area contributed by atoms with Crippen molar-refractivity contribution in [1.29, 1.82) is 0 Å². The summed E-state index contributed by atoms with van der Waals surface area (Å²) in [5.41, 5.74) is -7.13. The van der Waals surface area contributed by atoms with E-state index in [0.717, 1.165) is 0 Å². The highest BCUT2D eigenvalue weighted by Crippen LogP contribution is 2.81. The molecule has 9 rings (SSSR count). The van der Waals surface area contributed by atoms with E-state index in [1.165, 1.54) is 32.9 Å². The number of hydrogen-bond donors (Lipinski definition) is 6. The molecule has 1 aromatic carbocycles. The Morgan fingerprint density at radius 2 is 1.58 bits per heavy atom. The van der Waals surface area contributed by atoms with E-state index in [2.05, 4.69) is 4.72 Å². The number of aliphatic hydroxyl groups excluding tert-OH is 4. The van der Waals surface area contributed by atoms with Crippen LogP contribution in [0.3, 0.4) is 0 Å².